The van der Waals surface area contributed by atoms with E-state index in [1.165, 1.54) is 6.07 Å². The molecular formula is C23H31FN6O3. The molecule has 33 heavy (non-hydrogen) atoms. The van der Waals surface area contributed by atoms with E-state index in [9.17, 15) is 9.18 Å². The highest BCUT2D eigenvalue weighted by molar-refractivity contribution is 5.77. The van der Waals surface area contributed by atoms with E-state index in [0.717, 1.165) is 0 Å². The van der Waals surface area contributed by atoms with Gasteiger partial charge in [0.05, 0.1) is 24.6 Å². The molecule has 2 aliphatic rings. The molecule has 2 aromatic rings. The number of nitrogens with zero attached hydrogens (tertiary/aromatic N) is 5. The smallest absolute Gasteiger partial charge is 0.410 e. The van der Waals surface area contributed by atoms with Crippen molar-refractivity contribution in [3.8, 4) is 11.1 Å². The number of ether oxygens (including phenoxy) is 2. The van der Waals surface area contributed by atoms with Crippen molar-refractivity contribution in [3.63, 3.8) is 0 Å². The van der Waals surface area contributed by atoms with Gasteiger partial charge in [-0.05, 0) is 32.9 Å². The van der Waals surface area contributed by atoms with Gasteiger partial charge >= 0.3 is 6.09 Å². The van der Waals surface area contributed by atoms with Crippen molar-refractivity contribution in [3.05, 3.63) is 30.3 Å². The van der Waals surface area contributed by atoms with E-state index in [1.54, 1.807) is 23.4 Å². The highest BCUT2D eigenvalue weighted by Crippen LogP contribution is 2.32. The molecule has 0 radical (unpaired) electrons. The average molecular weight is 459 g/mol. The first-order valence-electron chi connectivity index (χ1n) is 11.2. The Balaban J connectivity index is 1.42. The fraction of sp³-hybridized carbons (Fsp3) is 0.522. The summed E-state index contributed by atoms with van der Waals surface area (Å²) in [6, 6.07) is 3.11. The monoisotopic (exact) mass is 458 g/mol. The Kier molecular flexibility index (Phi) is 6.55. The summed E-state index contributed by atoms with van der Waals surface area (Å²) in [6.07, 6.45) is 2.90. The van der Waals surface area contributed by atoms with Gasteiger partial charge in [-0.25, -0.2) is 19.2 Å². The zero-order chi connectivity index (χ0) is 23.6. The van der Waals surface area contributed by atoms with Crippen molar-refractivity contribution in [1.29, 1.82) is 0 Å². The second-order valence-electron chi connectivity index (χ2n) is 9.22. The number of amides is 1. The summed E-state index contributed by atoms with van der Waals surface area (Å²) in [5.74, 6) is 0.175. The summed E-state index contributed by atoms with van der Waals surface area (Å²) in [5, 5.41) is 0. The fourth-order valence-electron chi connectivity index (χ4n) is 3.92. The number of piperazine rings is 1. The van der Waals surface area contributed by atoms with Gasteiger partial charge in [-0.15, -0.1) is 0 Å². The third-order valence-corrected chi connectivity index (χ3v) is 5.63. The SMILES string of the molecule is CC(C)(C)OC(=O)N1CCN(c2ncc(-c3cc(N)c(N4CCOCC4)cc3F)cn2)CC1. The molecule has 2 saturated heterocycles. The lowest BCUT2D eigenvalue weighted by Gasteiger charge is -2.35. The number of nitrogens with two attached hydrogens (primary N) is 1. The van der Waals surface area contributed by atoms with E-state index in [2.05, 4.69) is 9.97 Å². The van der Waals surface area contributed by atoms with Crippen LogP contribution in [0.3, 0.4) is 0 Å². The maximum absolute atomic E-state index is 14.9. The van der Waals surface area contributed by atoms with E-state index in [1.807, 2.05) is 30.6 Å². The zero-order valence-corrected chi connectivity index (χ0v) is 19.4. The summed E-state index contributed by atoms with van der Waals surface area (Å²) >= 11 is 0. The number of hydrogen-bond donors (Lipinski definition) is 1. The maximum atomic E-state index is 14.9. The van der Waals surface area contributed by atoms with Gasteiger partial charge in [-0.2, -0.15) is 0 Å². The lowest BCUT2D eigenvalue weighted by Crippen LogP contribution is -2.50. The Hall–Kier alpha value is -3.14. The van der Waals surface area contributed by atoms with Crippen molar-refractivity contribution in [2.75, 3.05) is 68.0 Å². The van der Waals surface area contributed by atoms with Gasteiger partial charge in [0.1, 0.15) is 11.4 Å². The molecule has 0 aliphatic carbocycles. The molecule has 10 heteroatoms. The summed E-state index contributed by atoms with van der Waals surface area (Å²) in [7, 11) is 0. The predicted octanol–water partition coefficient (Wildman–Crippen LogP) is 2.76. The molecule has 9 nitrogen and oxygen atoms in total. The van der Waals surface area contributed by atoms with Crippen LogP contribution in [0.1, 0.15) is 20.8 Å². The molecule has 2 aliphatic heterocycles. The maximum Gasteiger partial charge on any atom is 0.410 e. The van der Waals surface area contributed by atoms with Gasteiger partial charge < -0.3 is 29.9 Å². The van der Waals surface area contributed by atoms with Crippen molar-refractivity contribution in [2.45, 2.75) is 26.4 Å². The van der Waals surface area contributed by atoms with E-state index in [0.29, 0.717) is 80.9 Å². The highest BCUT2D eigenvalue weighted by Gasteiger charge is 2.27. The number of carbonyl (C=O) groups is 1. The Labute approximate surface area is 193 Å². The number of hydrogen-bond acceptors (Lipinski definition) is 8. The lowest BCUT2D eigenvalue weighted by molar-refractivity contribution is 0.0240. The standard InChI is InChI=1S/C23H31FN6O3/c1-23(2,3)33-22(31)30-6-4-29(5-7-30)21-26-14-16(15-27-21)17-12-19(25)20(13-18(17)24)28-8-10-32-11-9-28/h12-15H,4-11,25H2,1-3H3. The van der Waals surface area contributed by atoms with Crippen molar-refractivity contribution in [1.82, 2.24) is 14.9 Å². The van der Waals surface area contributed by atoms with E-state index >= 15 is 0 Å². The third kappa shape index (κ3) is 5.44. The molecule has 2 N–H and O–H groups in total. The Morgan fingerprint density at radius 1 is 1.03 bits per heavy atom. The normalized spacial score (nSPS) is 17.3. The molecule has 178 valence electrons. The molecular weight excluding hydrogens is 427 g/mol. The molecule has 0 bridgehead atoms. The summed E-state index contributed by atoms with van der Waals surface area (Å²) < 4.78 is 25.7. The lowest BCUT2D eigenvalue weighted by atomic mass is 10.1. The number of aromatic nitrogens is 2. The summed E-state index contributed by atoms with van der Waals surface area (Å²) in [4.78, 5) is 26.8. The number of halogens is 1. The Bertz CT molecular complexity index is 981. The Morgan fingerprint density at radius 3 is 2.27 bits per heavy atom. The topological polar surface area (TPSA) is 97.0 Å². The van der Waals surface area contributed by atoms with Gasteiger partial charge in [-0.3, -0.25) is 0 Å². The number of anilines is 3. The third-order valence-electron chi connectivity index (χ3n) is 5.63. The van der Waals surface area contributed by atoms with Crippen LogP contribution in [0.2, 0.25) is 0 Å². The molecule has 0 saturated carbocycles. The first-order chi connectivity index (χ1) is 15.7. The van der Waals surface area contributed by atoms with Crippen LogP contribution in [0.4, 0.5) is 26.5 Å². The minimum Gasteiger partial charge on any atom is -0.444 e. The van der Waals surface area contributed by atoms with Crippen molar-refractivity contribution < 1.29 is 18.7 Å². The van der Waals surface area contributed by atoms with Crippen LogP contribution < -0.4 is 15.5 Å². The molecule has 0 spiro atoms. The number of carbonyl (C=O) groups excluding carboxylic acids is 1. The van der Waals surface area contributed by atoms with Crippen LogP contribution in [-0.4, -0.2) is 79.0 Å². The van der Waals surface area contributed by atoms with Gasteiger partial charge in [-0.1, -0.05) is 0 Å². The quantitative estimate of drug-likeness (QED) is 0.702. The molecule has 0 atom stereocenters. The molecule has 3 heterocycles. The molecule has 1 aromatic heterocycles. The first-order valence-corrected chi connectivity index (χ1v) is 11.2. The first kappa shape index (κ1) is 23.0. The van der Waals surface area contributed by atoms with Crippen LogP contribution >= 0.6 is 0 Å². The van der Waals surface area contributed by atoms with Gasteiger partial charge in [0.15, 0.2) is 0 Å². The average Bonchev–Trinajstić information content (AvgIpc) is 2.80. The minimum absolute atomic E-state index is 0.313. The largest absolute Gasteiger partial charge is 0.444 e. The zero-order valence-electron chi connectivity index (χ0n) is 19.4. The molecule has 1 amide bonds. The van der Waals surface area contributed by atoms with Gasteiger partial charge in [0.25, 0.3) is 0 Å². The summed E-state index contributed by atoms with van der Waals surface area (Å²) in [5.41, 5.74) is 7.83. The highest BCUT2D eigenvalue weighted by atomic mass is 19.1. The van der Waals surface area contributed by atoms with Gasteiger partial charge in [0, 0.05) is 62.8 Å². The number of nitrogen functional groups attached to an aromatic ring is 1. The molecule has 0 unspecified atom stereocenters. The second kappa shape index (κ2) is 9.38. The van der Waals surface area contributed by atoms with E-state index in [4.69, 9.17) is 15.2 Å². The number of morpholine rings is 1. The fourth-order valence-corrected chi connectivity index (χ4v) is 3.92. The molecule has 2 fully saturated rings. The van der Waals surface area contributed by atoms with Gasteiger partial charge in [0.2, 0.25) is 5.95 Å². The second-order valence-corrected chi connectivity index (χ2v) is 9.22. The van der Waals surface area contributed by atoms with E-state index < -0.39 is 5.60 Å². The molecule has 4 rings (SSSR count). The van der Waals surface area contributed by atoms with Crippen LogP contribution in [0.5, 0.6) is 0 Å². The van der Waals surface area contributed by atoms with Crippen molar-refractivity contribution >= 4 is 23.4 Å². The minimum atomic E-state index is -0.522. The van der Waals surface area contributed by atoms with Crippen LogP contribution in [0.15, 0.2) is 24.5 Å². The Morgan fingerprint density at radius 2 is 1.67 bits per heavy atom. The summed E-state index contributed by atoms with van der Waals surface area (Å²) in [6.45, 7) is 10.3. The van der Waals surface area contributed by atoms with Crippen LogP contribution in [0, 0.1) is 5.82 Å². The van der Waals surface area contributed by atoms with Crippen molar-refractivity contribution in [2.24, 2.45) is 0 Å². The van der Waals surface area contributed by atoms with E-state index in [-0.39, 0.29) is 11.9 Å². The predicted molar refractivity (Wildman–Crippen MR) is 125 cm³/mol. The van der Waals surface area contributed by atoms with Crippen LogP contribution in [-0.2, 0) is 9.47 Å². The number of rotatable bonds is 3. The number of benzene rings is 1. The van der Waals surface area contributed by atoms with Crippen LogP contribution in [0.25, 0.3) is 11.1 Å². The molecule has 1 aromatic carbocycles.